The van der Waals surface area contributed by atoms with Crippen LogP contribution in [0.1, 0.15) is 0 Å². The highest BCUT2D eigenvalue weighted by Crippen LogP contribution is 2.12. The highest BCUT2D eigenvalue weighted by molar-refractivity contribution is 4.86. The molecule has 0 amide bonds. The second kappa shape index (κ2) is 7.10. The third-order valence-corrected chi connectivity index (χ3v) is 2.22. The van der Waals surface area contributed by atoms with E-state index in [4.69, 9.17) is 18.9 Å². The number of β-amino-alcohol motifs (C(OH)–C–C–N with tert-alkyl or cyclic N) is 1. The first kappa shape index (κ1) is 12.8. The van der Waals surface area contributed by atoms with Gasteiger partial charge in [0.2, 0.25) is 0 Å². The van der Waals surface area contributed by atoms with E-state index in [0.717, 1.165) is 0 Å². The van der Waals surface area contributed by atoms with E-state index >= 15 is 0 Å². The Kier molecular flexibility index (Phi) is 6.07. The number of aliphatic hydroxyl groups excluding tert-OH is 1. The Hall–Kier alpha value is -0.240. The van der Waals surface area contributed by atoms with Gasteiger partial charge in [-0.2, -0.15) is 0 Å². The Morgan fingerprint density at radius 1 is 1.13 bits per heavy atom. The molecule has 0 aromatic rings. The van der Waals surface area contributed by atoms with Crippen LogP contribution in [0.5, 0.6) is 0 Å². The molecule has 0 aromatic carbocycles. The quantitative estimate of drug-likeness (QED) is 0.557. The fourth-order valence-corrected chi connectivity index (χ4v) is 1.53. The minimum atomic E-state index is -0.587. The van der Waals surface area contributed by atoms with Crippen molar-refractivity contribution in [2.24, 2.45) is 0 Å². The van der Waals surface area contributed by atoms with Crippen molar-refractivity contribution in [3.63, 3.8) is 0 Å². The number of nitrogens with one attached hydrogen (secondary N) is 1. The summed E-state index contributed by atoms with van der Waals surface area (Å²) in [6.07, 6.45) is -1.18. The summed E-state index contributed by atoms with van der Waals surface area (Å²) in [5.41, 5.74) is 0. The average Bonchev–Trinajstić information content (AvgIpc) is 2.25. The lowest BCUT2D eigenvalue weighted by molar-refractivity contribution is -0.192. The van der Waals surface area contributed by atoms with E-state index in [-0.39, 0.29) is 25.8 Å². The van der Waals surface area contributed by atoms with Gasteiger partial charge >= 0.3 is 0 Å². The van der Waals surface area contributed by atoms with Gasteiger partial charge in [0.05, 0.1) is 6.10 Å². The standard InChI is InChI=1S/C9H19NO5/c1-12-5-14-8-4-10-3-7(11)9(8)15-6-13-2/h7-11H,3-6H2,1-2H3/t7-,8+,9-/m0/s1. The van der Waals surface area contributed by atoms with Gasteiger partial charge in [0.1, 0.15) is 25.8 Å². The van der Waals surface area contributed by atoms with Crippen molar-refractivity contribution < 1.29 is 24.1 Å². The molecule has 2 N–H and O–H groups in total. The zero-order valence-electron chi connectivity index (χ0n) is 9.14. The van der Waals surface area contributed by atoms with Crippen molar-refractivity contribution in [3.8, 4) is 0 Å². The SMILES string of the molecule is COCO[C@H]1[C@@H](O)CNC[C@H]1OCOC. The lowest BCUT2D eigenvalue weighted by Gasteiger charge is -2.35. The highest BCUT2D eigenvalue weighted by atomic mass is 16.7. The topological polar surface area (TPSA) is 69.2 Å². The van der Waals surface area contributed by atoms with Gasteiger partial charge in [-0.1, -0.05) is 0 Å². The van der Waals surface area contributed by atoms with Crippen molar-refractivity contribution in [3.05, 3.63) is 0 Å². The molecule has 1 saturated heterocycles. The van der Waals surface area contributed by atoms with Gasteiger partial charge < -0.3 is 29.4 Å². The Morgan fingerprint density at radius 2 is 1.80 bits per heavy atom. The monoisotopic (exact) mass is 221 g/mol. The second-order valence-electron chi connectivity index (χ2n) is 3.38. The first-order valence-electron chi connectivity index (χ1n) is 4.89. The molecule has 15 heavy (non-hydrogen) atoms. The normalized spacial score (nSPS) is 31.8. The van der Waals surface area contributed by atoms with Crippen LogP contribution in [-0.2, 0) is 18.9 Å². The van der Waals surface area contributed by atoms with Gasteiger partial charge in [0, 0.05) is 27.3 Å². The molecule has 0 saturated carbocycles. The number of methoxy groups -OCH3 is 2. The van der Waals surface area contributed by atoms with Gasteiger partial charge in [-0.15, -0.1) is 0 Å². The molecule has 1 aliphatic rings. The van der Waals surface area contributed by atoms with Crippen LogP contribution in [0.2, 0.25) is 0 Å². The zero-order chi connectivity index (χ0) is 11.1. The van der Waals surface area contributed by atoms with Crippen LogP contribution in [0.25, 0.3) is 0 Å². The molecule has 0 aromatic heterocycles. The predicted octanol–water partition coefficient (Wildman–Crippen LogP) is -1.07. The second-order valence-corrected chi connectivity index (χ2v) is 3.38. The summed E-state index contributed by atoms with van der Waals surface area (Å²) in [6.45, 7) is 1.47. The first-order valence-corrected chi connectivity index (χ1v) is 4.89. The average molecular weight is 221 g/mol. The Bertz CT molecular complexity index is 169. The maximum Gasteiger partial charge on any atom is 0.146 e. The summed E-state index contributed by atoms with van der Waals surface area (Å²) in [5, 5.41) is 12.7. The molecule has 0 aliphatic carbocycles. The third kappa shape index (κ3) is 4.02. The largest absolute Gasteiger partial charge is 0.389 e. The van der Waals surface area contributed by atoms with Crippen LogP contribution in [0, 0.1) is 0 Å². The number of aliphatic hydroxyl groups is 1. The lowest BCUT2D eigenvalue weighted by atomic mass is 10.0. The van der Waals surface area contributed by atoms with Gasteiger partial charge in [0.15, 0.2) is 0 Å². The van der Waals surface area contributed by atoms with Crippen LogP contribution < -0.4 is 5.32 Å². The highest BCUT2D eigenvalue weighted by Gasteiger charge is 2.33. The smallest absolute Gasteiger partial charge is 0.146 e. The Morgan fingerprint density at radius 3 is 2.47 bits per heavy atom. The molecule has 6 heteroatoms. The molecule has 0 spiro atoms. The Labute approximate surface area is 89.5 Å². The van der Waals surface area contributed by atoms with E-state index in [0.29, 0.717) is 13.1 Å². The molecule has 0 bridgehead atoms. The molecule has 1 aliphatic heterocycles. The zero-order valence-corrected chi connectivity index (χ0v) is 9.14. The van der Waals surface area contributed by atoms with E-state index in [2.05, 4.69) is 5.32 Å². The molecule has 0 unspecified atom stereocenters. The molecule has 6 nitrogen and oxygen atoms in total. The van der Waals surface area contributed by atoms with Crippen LogP contribution in [0.15, 0.2) is 0 Å². The minimum Gasteiger partial charge on any atom is -0.389 e. The first-order chi connectivity index (χ1) is 7.29. The molecular weight excluding hydrogens is 202 g/mol. The predicted molar refractivity (Wildman–Crippen MR) is 52.4 cm³/mol. The van der Waals surface area contributed by atoms with Crippen molar-refractivity contribution >= 4 is 0 Å². The van der Waals surface area contributed by atoms with Crippen molar-refractivity contribution in [2.45, 2.75) is 18.3 Å². The number of hydrogen-bond acceptors (Lipinski definition) is 6. The van der Waals surface area contributed by atoms with Crippen LogP contribution >= 0.6 is 0 Å². The lowest BCUT2D eigenvalue weighted by Crippen LogP contribution is -2.56. The van der Waals surface area contributed by atoms with Gasteiger partial charge in [0.25, 0.3) is 0 Å². The van der Waals surface area contributed by atoms with E-state index < -0.39 is 6.10 Å². The van der Waals surface area contributed by atoms with E-state index in [1.165, 1.54) is 0 Å². The van der Waals surface area contributed by atoms with Crippen molar-refractivity contribution in [1.82, 2.24) is 5.32 Å². The fourth-order valence-electron chi connectivity index (χ4n) is 1.53. The number of ether oxygens (including phenoxy) is 4. The van der Waals surface area contributed by atoms with Gasteiger partial charge in [-0.25, -0.2) is 0 Å². The molecule has 1 heterocycles. The molecule has 90 valence electrons. The number of hydrogen-bond donors (Lipinski definition) is 2. The van der Waals surface area contributed by atoms with E-state index in [1.54, 1.807) is 14.2 Å². The Balaban J connectivity index is 2.40. The molecule has 3 atom stereocenters. The van der Waals surface area contributed by atoms with Crippen LogP contribution in [-0.4, -0.2) is 64.3 Å². The minimum absolute atomic E-state index is 0.147. The summed E-state index contributed by atoms with van der Waals surface area (Å²) in [5.74, 6) is 0. The summed E-state index contributed by atoms with van der Waals surface area (Å²) < 4.78 is 20.4. The third-order valence-electron chi connectivity index (χ3n) is 2.22. The summed E-state index contributed by atoms with van der Waals surface area (Å²) in [7, 11) is 3.09. The summed E-state index contributed by atoms with van der Waals surface area (Å²) in [4.78, 5) is 0. The maximum atomic E-state index is 9.70. The molecule has 1 rings (SSSR count). The maximum absolute atomic E-state index is 9.70. The van der Waals surface area contributed by atoms with Crippen LogP contribution in [0.3, 0.4) is 0 Å². The molecule has 0 radical (unpaired) electrons. The van der Waals surface area contributed by atoms with Crippen LogP contribution in [0.4, 0.5) is 0 Å². The number of rotatable bonds is 6. The summed E-state index contributed by atoms with van der Waals surface area (Å²) in [6, 6.07) is 0. The van der Waals surface area contributed by atoms with Crippen molar-refractivity contribution in [2.75, 3.05) is 40.9 Å². The van der Waals surface area contributed by atoms with E-state index in [9.17, 15) is 5.11 Å². The van der Waals surface area contributed by atoms with Gasteiger partial charge in [-0.3, -0.25) is 0 Å². The number of piperidine rings is 1. The van der Waals surface area contributed by atoms with Crippen molar-refractivity contribution in [1.29, 1.82) is 0 Å². The fraction of sp³-hybridized carbons (Fsp3) is 1.00. The van der Waals surface area contributed by atoms with E-state index in [1.807, 2.05) is 0 Å². The molecule has 1 fully saturated rings. The molecular formula is C9H19NO5. The summed E-state index contributed by atoms with van der Waals surface area (Å²) >= 11 is 0. The van der Waals surface area contributed by atoms with Gasteiger partial charge in [-0.05, 0) is 0 Å².